The smallest absolute Gasteiger partial charge is 0.284 e. The largest absolute Gasteiger partial charge is 0.845 e. The van der Waals surface area contributed by atoms with E-state index in [0.29, 0.717) is 0 Å². The second kappa shape index (κ2) is 5.82. The monoisotopic (exact) mass is 326 g/mol. The highest BCUT2D eigenvalue weighted by Crippen LogP contribution is 2.45. The van der Waals surface area contributed by atoms with Crippen molar-refractivity contribution in [2.24, 2.45) is 0 Å². The molecule has 0 amide bonds. The average molecular weight is 326 g/mol. The van der Waals surface area contributed by atoms with Crippen LogP contribution in [0.15, 0.2) is 54.6 Å². The first kappa shape index (κ1) is 15.2. The first-order valence-corrected chi connectivity index (χ1v) is 8.89. The van der Waals surface area contributed by atoms with Gasteiger partial charge in [-0.15, -0.1) is 0 Å². The third kappa shape index (κ3) is 3.06. The Labute approximate surface area is 139 Å². The van der Waals surface area contributed by atoms with E-state index in [2.05, 4.69) is 45.0 Å². The maximum atomic E-state index is 12.3. The Hall–Kier alpha value is -1.71. The number of rotatable bonds is 2. The van der Waals surface area contributed by atoms with Crippen LogP contribution in [0, 0.1) is 0 Å². The Kier molecular flexibility index (Phi) is 4.02. The molecule has 0 aliphatic heterocycles. The van der Waals surface area contributed by atoms with Gasteiger partial charge in [0, 0.05) is 11.1 Å². The van der Waals surface area contributed by atoms with E-state index in [0.717, 1.165) is 20.2 Å². The van der Waals surface area contributed by atoms with Gasteiger partial charge in [-0.05, 0) is 23.1 Å². The molecule has 0 radical (unpaired) electrons. The summed E-state index contributed by atoms with van der Waals surface area (Å²) in [7, 11) is 0. The molecule has 0 saturated heterocycles. The topological polar surface area (TPSA) is 23.1 Å². The van der Waals surface area contributed by atoms with Gasteiger partial charge in [-0.25, -0.2) is 0 Å². The fourth-order valence-corrected chi connectivity index (χ4v) is 4.58. The Bertz CT molecular complexity index is 765. The van der Waals surface area contributed by atoms with E-state index in [9.17, 15) is 5.11 Å². The Balaban J connectivity index is 1.97. The van der Waals surface area contributed by atoms with Crippen LogP contribution in [0.3, 0.4) is 0 Å². The summed E-state index contributed by atoms with van der Waals surface area (Å²) in [5.74, 6) is 0. The van der Waals surface area contributed by atoms with Gasteiger partial charge in [0.25, 0.3) is 4.19 Å². The van der Waals surface area contributed by atoms with Gasteiger partial charge >= 0.3 is 0 Å². The van der Waals surface area contributed by atoms with E-state index < -0.39 is 0 Å². The zero-order valence-electron chi connectivity index (χ0n) is 12.9. The van der Waals surface area contributed by atoms with E-state index in [4.69, 9.17) is 0 Å². The molecule has 3 aromatic rings. The Morgan fingerprint density at radius 2 is 1.50 bits per heavy atom. The van der Waals surface area contributed by atoms with Crippen molar-refractivity contribution in [3.63, 3.8) is 0 Å². The number of hydrogen-bond acceptors (Lipinski definition) is 2. The van der Waals surface area contributed by atoms with Crippen LogP contribution >= 0.6 is 22.7 Å². The highest BCUT2D eigenvalue weighted by atomic mass is 32.2. The molecule has 0 aliphatic carbocycles. The van der Waals surface area contributed by atoms with Crippen molar-refractivity contribution in [3.8, 4) is 25.3 Å². The average Bonchev–Trinajstić information content (AvgIpc) is 2.89. The molecular weight excluding hydrogens is 308 g/mol. The van der Waals surface area contributed by atoms with Crippen molar-refractivity contribution in [2.45, 2.75) is 26.2 Å². The first-order valence-electron chi connectivity index (χ1n) is 7.25. The van der Waals surface area contributed by atoms with Crippen LogP contribution in [0.1, 0.15) is 26.3 Å². The molecule has 0 bridgehead atoms. The lowest BCUT2D eigenvalue weighted by atomic mass is 9.87. The van der Waals surface area contributed by atoms with Crippen LogP contribution in [0.2, 0.25) is 0 Å². The molecule has 0 fully saturated rings. The molecule has 3 rings (SSSR count). The van der Waals surface area contributed by atoms with Crippen LogP contribution in [-0.4, -0.2) is 0 Å². The molecule has 0 N–H and O–H groups in total. The molecule has 1 heterocycles. The Morgan fingerprint density at radius 1 is 0.864 bits per heavy atom. The maximum absolute atomic E-state index is 12.3. The lowest BCUT2D eigenvalue weighted by molar-refractivity contribution is -0.260. The summed E-state index contributed by atoms with van der Waals surface area (Å²) in [6, 6.07) is 18.5. The van der Waals surface area contributed by atoms with E-state index in [1.165, 1.54) is 16.9 Å². The van der Waals surface area contributed by atoms with E-state index in [-0.39, 0.29) is 10.5 Å². The van der Waals surface area contributed by atoms with Gasteiger partial charge in [0.05, 0.1) is 22.7 Å². The molecule has 112 valence electrons. The molecule has 2 aromatic carbocycles. The lowest BCUT2D eigenvalue weighted by Gasteiger charge is -2.18. The minimum atomic E-state index is 0.145. The van der Waals surface area contributed by atoms with Gasteiger partial charge in [-0.3, -0.25) is 0 Å². The summed E-state index contributed by atoms with van der Waals surface area (Å²) in [6.45, 7) is 6.62. The predicted octanol–water partition coefficient (Wildman–Crippen LogP) is 5.80. The van der Waals surface area contributed by atoms with Crippen LogP contribution in [0.4, 0.5) is 0 Å². The SMILES string of the molecule is CC(C)(C)c1ccc(-c2sc(-c3ccccc3)c([O-])[s+]2)cc1. The van der Waals surface area contributed by atoms with Gasteiger partial charge in [0.2, 0.25) is 0 Å². The van der Waals surface area contributed by atoms with Crippen LogP contribution in [-0.2, 0) is 5.41 Å². The summed E-state index contributed by atoms with van der Waals surface area (Å²) >= 11 is 2.92. The van der Waals surface area contributed by atoms with Crippen LogP contribution in [0.5, 0.6) is 5.06 Å². The molecule has 0 unspecified atom stereocenters. The molecule has 0 saturated carbocycles. The fraction of sp³-hybridized carbons (Fsp3) is 0.211. The molecule has 0 aliphatic rings. The zero-order valence-corrected chi connectivity index (χ0v) is 14.6. The summed E-state index contributed by atoms with van der Waals surface area (Å²) in [4.78, 5) is 0.834. The minimum Gasteiger partial charge on any atom is -0.845 e. The summed E-state index contributed by atoms with van der Waals surface area (Å²) in [6.07, 6.45) is 0. The molecule has 3 heteroatoms. The normalized spacial score (nSPS) is 11.6. The molecule has 0 spiro atoms. The maximum Gasteiger partial charge on any atom is 0.284 e. The molecule has 1 aromatic heterocycles. The van der Waals surface area contributed by atoms with E-state index >= 15 is 0 Å². The lowest BCUT2D eigenvalue weighted by Crippen LogP contribution is -2.10. The third-order valence-corrected chi connectivity index (χ3v) is 6.07. The van der Waals surface area contributed by atoms with Crippen molar-refractivity contribution in [1.82, 2.24) is 0 Å². The highest BCUT2D eigenvalue weighted by molar-refractivity contribution is 7.39. The molecular formula is C19H18OS2. The van der Waals surface area contributed by atoms with E-state index in [1.54, 1.807) is 11.3 Å². The number of hydrogen-bond donors (Lipinski definition) is 0. The minimum absolute atomic E-state index is 0.145. The second-order valence-corrected chi connectivity index (χ2v) is 8.56. The second-order valence-electron chi connectivity index (χ2n) is 6.30. The zero-order chi connectivity index (χ0) is 15.7. The Morgan fingerprint density at radius 3 is 2.09 bits per heavy atom. The van der Waals surface area contributed by atoms with Crippen molar-refractivity contribution in [2.75, 3.05) is 0 Å². The van der Waals surface area contributed by atoms with Crippen molar-refractivity contribution in [1.29, 1.82) is 0 Å². The van der Waals surface area contributed by atoms with E-state index in [1.807, 2.05) is 30.3 Å². The van der Waals surface area contributed by atoms with Gasteiger partial charge in [0.1, 0.15) is 5.06 Å². The molecule has 0 atom stereocenters. The summed E-state index contributed by atoms with van der Waals surface area (Å²) in [5, 5.41) is 12.4. The third-order valence-electron chi connectivity index (χ3n) is 3.59. The van der Waals surface area contributed by atoms with Gasteiger partial charge < -0.3 is 5.11 Å². The summed E-state index contributed by atoms with van der Waals surface area (Å²) in [5.41, 5.74) is 3.59. The summed E-state index contributed by atoms with van der Waals surface area (Å²) < 4.78 is 1.07. The highest BCUT2D eigenvalue weighted by Gasteiger charge is 2.21. The van der Waals surface area contributed by atoms with Crippen molar-refractivity contribution in [3.05, 3.63) is 60.2 Å². The molecule has 1 nitrogen and oxygen atoms in total. The van der Waals surface area contributed by atoms with Gasteiger partial charge in [0.15, 0.2) is 4.88 Å². The van der Waals surface area contributed by atoms with Gasteiger partial charge in [-0.2, -0.15) is 0 Å². The van der Waals surface area contributed by atoms with Gasteiger partial charge in [-0.1, -0.05) is 63.2 Å². The quantitative estimate of drug-likeness (QED) is 0.546. The first-order chi connectivity index (χ1) is 10.4. The predicted molar refractivity (Wildman–Crippen MR) is 95.6 cm³/mol. The fourth-order valence-electron chi connectivity index (χ4n) is 2.28. The van der Waals surface area contributed by atoms with Crippen LogP contribution in [0.25, 0.3) is 20.2 Å². The molecule has 22 heavy (non-hydrogen) atoms. The van der Waals surface area contributed by atoms with Crippen molar-refractivity contribution < 1.29 is 5.11 Å². The number of benzene rings is 2. The standard InChI is InChI=1S/C19H18OS2/c1-19(2,3)15-11-9-14(10-12-15)18-21-16(17(20)22-18)13-7-5-4-6-8-13/h4-12H,1-3H3. The van der Waals surface area contributed by atoms with Crippen molar-refractivity contribution >= 4 is 22.7 Å². The van der Waals surface area contributed by atoms with Crippen LogP contribution < -0.4 is 5.11 Å².